The van der Waals surface area contributed by atoms with Crippen LogP contribution in [-0.4, -0.2) is 51.3 Å². The van der Waals surface area contributed by atoms with Crippen LogP contribution in [-0.2, 0) is 11.3 Å². The van der Waals surface area contributed by atoms with Gasteiger partial charge in [0.1, 0.15) is 12.2 Å². The molecule has 1 amide bonds. The molecule has 1 aromatic rings. The van der Waals surface area contributed by atoms with Crippen molar-refractivity contribution in [1.82, 2.24) is 9.47 Å². The number of carboxylic acid groups (broad SMARTS) is 1. The highest BCUT2D eigenvalue weighted by molar-refractivity contribution is 5.86. The van der Waals surface area contributed by atoms with Gasteiger partial charge in [-0.15, -0.1) is 0 Å². The van der Waals surface area contributed by atoms with Crippen LogP contribution >= 0.6 is 0 Å². The zero-order valence-corrected chi connectivity index (χ0v) is 11.1. The fourth-order valence-corrected chi connectivity index (χ4v) is 1.82. The summed E-state index contributed by atoms with van der Waals surface area (Å²) < 4.78 is 1.40. The number of aliphatic hydroxyl groups excluding tert-OH is 1. The lowest BCUT2D eigenvalue weighted by atomic mass is 10.3. The molecule has 1 heterocycles. The van der Waals surface area contributed by atoms with Gasteiger partial charge in [0.2, 0.25) is 5.91 Å². The van der Waals surface area contributed by atoms with Crippen LogP contribution in [0.1, 0.15) is 30.3 Å². The molecule has 0 bridgehead atoms. The minimum Gasteiger partial charge on any atom is -0.477 e. The van der Waals surface area contributed by atoms with Crippen molar-refractivity contribution in [2.45, 2.75) is 26.3 Å². The maximum atomic E-state index is 12.1. The Morgan fingerprint density at radius 2 is 2.11 bits per heavy atom. The molecule has 0 fully saturated rings. The molecule has 0 unspecified atom stereocenters. The summed E-state index contributed by atoms with van der Waals surface area (Å²) in [5.41, 5.74) is 0.0905. The number of carbonyl (C=O) groups is 2. The standard InChI is InChI=1S/C13H20N2O4/c1-2-3-6-14(8-9-16)12(17)10-15-7-4-5-11(15)13(18)19/h4-5,7,16H,2-3,6,8-10H2,1H3,(H,18,19). The highest BCUT2D eigenvalue weighted by Crippen LogP contribution is 2.05. The highest BCUT2D eigenvalue weighted by Gasteiger charge is 2.16. The number of hydrogen-bond donors (Lipinski definition) is 2. The lowest BCUT2D eigenvalue weighted by Crippen LogP contribution is -2.37. The van der Waals surface area contributed by atoms with E-state index in [4.69, 9.17) is 10.2 Å². The van der Waals surface area contributed by atoms with Gasteiger partial charge in [0.15, 0.2) is 0 Å². The molecule has 0 aliphatic heterocycles. The molecular formula is C13H20N2O4. The number of carbonyl (C=O) groups excluding carboxylic acids is 1. The van der Waals surface area contributed by atoms with Crippen LogP contribution in [0.2, 0.25) is 0 Å². The third kappa shape index (κ3) is 4.40. The van der Waals surface area contributed by atoms with Crippen LogP contribution in [0, 0.1) is 0 Å². The molecule has 0 aromatic carbocycles. The second kappa shape index (κ2) is 7.58. The first kappa shape index (κ1) is 15.2. The number of hydrogen-bond acceptors (Lipinski definition) is 3. The Balaban J connectivity index is 2.69. The Labute approximate surface area is 112 Å². The lowest BCUT2D eigenvalue weighted by molar-refractivity contribution is -0.132. The monoisotopic (exact) mass is 268 g/mol. The van der Waals surface area contributed by atoms with Gasteiger partial charge in [0, 0.05) is 19.3 Å². The molecule has 106 valence electrons. The summed E-state index contributed by atoms with van der Waals surface area (Å²) in [6.07, 6.45) is 3.39. The fourth-order valence-electron chi connectivity index (χ4n) is 1.82. The van der Waals surface area contributed by atoms with E-state index in [9.17, 15) is 9.59 Å². The highest BCUT2D eigenvalue weighted by atomic mass is 16.4. The first-order valence-electron chi connectivity index (χ1n) is 6.37. The van der Waals surface area contributed by atoms with Gasteiger partial charge >= 0.3 is 5.97 Å². The van der Waals surface area contributed by atoms with E-state index in [1.807, 2.05) is 6.92 Å². The first-order valence-corrected chi connectivity index (χ1v) is 6.37. The average Bonchev–Trinajstić information content (AvgIpc) is 2.82. The Bertz CT molecular complexity index is 428. The van der Waals surface area contributed by atoms with Crippen LogP contribution in [0.3, 0.4) is 0 Å². The van der Waals surface area contributed by atoms with Gasteiger partial charge in [-0.25, -0.2) is 4.79 Å². The summed E-state index contributed by atoms with van der Waals surface area (Å²) in [6.45, 7) is 2.78. The van der Waals surface area contributed by atoms with Crippen LogP contribution < -0.4 is 0 Å². The molecule has 0 saturated heterocycles. The fraction of sp³-hybridized carbons (Fsp3) is 0.538. The number of unbranched alkanes of at least 4 members (excludes halogenated alkanes) is 1. The van der Waals surface area contributed by atoms with Crippen molar-refractivity contribution in [1.29, 1.82) is 0 Å². The van der Waals surface area contributed by atoms with Crippen molar-refractivity contribution in [2.75, 3.05) is 19.7 Å². The number of carboxylic acids is 1. The second-order valence-corrected chi connectivity index (χ2v) is 4.28. The molecule has 1 aromatic heterocycles. The van der Waals surface area contributed by atoms with Gasteiger partial charge in [-0.3, -0.25) is 4.79 Å². The van der Waals surface area contributed by atoms with Gasteiger partial charge in [-0.2, -0.15) is 0 Å². The van der Waals surface area contributed by atoms with E-state index in [2.05, 4.69) is 0 Å². The number of aromatic carboxylic acids is 1. The third-order valence-corrected chi connectivity index (χ3v) is 2.86. The van der Waals surface area contributed by atoms with Crippen molar-refractivity contribution in [3.8, 4) is 0 Å². The average molecular weight is 268 g/mol. The molecule has 0 aliphatic rings. The maximum Gasteiger partial charge on any atom is 0.352 e. The van der Waals surface area contributed by atoms with Gasteiger partial charge in [-0.1, -0.05) is 13.3 Å². The first-order chi connectivity index (χ1) is 9.10. The van der Waals surface area contributed by atoms with Gasteiger partial charge < -0.3 is 19.7 Å². The van der Waals surface area contributed by atoms with E-state index in [1.54, 1.807) is 17.2 Å². The molecule has 0 saturated carbocycles. The van der Waals surface area contributed by atoms with E-state index in [0.29, 0.717) is 6.54 Å². The summed E-state index contributed by atoms with van der Waals surface area (Å²) in [6, 6.07) is 3.05. The zero-order chi connectivity index (χ0) is 14.3. The summed E-state index contributed by atoms with van der Waals surface area (Å²) >= 11 is 0. The summed E-state index contributed by atoms with van der Waals surface area (Å²) in [5, 5.41) is 17.9. The van der Waals surface area contributed by atoms with E-state index in [0.717, 1.165) is 12.8 Å². The van der Waals surface area contributed by atoms with Crippen molar-refractivity contribution < 1.29 is 19.8 Å². The summed E-state index contributed by atoms with van der Waals surface area (Å²) in [7, 11) is 0. The normalized spacial score (nSPS) is 10.4. The zero-order valence-electron chi connectivity index (χ0n) is 11.1. The second-order valence-electron chi connectivity index (χ2n) is 4.28. The number of aromatic nitrogens is 1. The molecule has 2 N–H and O–H groups in total. The van der Waals surface area contributed by atoms with Crippen LogP contribution in [0.5, 0.6) is 0 Å². The minimum atomic E-state index is -1.06. The number of amides is 1. The predicted octanol–water partition coefficient (Wildman–Crippen LogP) is 0.807. The number of nitrogens with zero attached hydrogens (tertiary/aromatic N) is 2. The van der Waals surface area contributed by atoms with Crippen molar-refractivity contribution >= 4 is 11.9 Å². The SMILES string of the molecule is CCCCN(CCO)C(=O)Cn1cccc1C(=O)O. The molecule has 1 rings (SSSR count). The lowest BCUT2D eigenvalue weighted by Gasteiger charge is -2.22. The van der Waals surface area contributed by atoms with E-state index in [1.165, 1.54) is 10.6 Å². The molecule has 6 heteroatoms. The Hall–Kier alpha value is -1.82. The minimum absolute atomic E-state index is 0.0155. The molecule has 0 atom stereocenters. The van der Waals surface area contributed by atoms with Crippen molar-refractivity contribution in [2.24, 2.45) is 0 Å². The predicted molar refractivity (Wildman–Crippen MR) is 70.0 cm³/mol. The quantitative estimate of drug-likeness (QED) is 0.731. The Morgan fingerprint density at radius 3 is 2.68 bits per heavy atom. The maximum absolute atomic E-state index is 12.1. The van der Waals surface area contributed by atoms with Gasteiger partial charge in [0.05, 0.1) is 6.61 Å². The van der Waals surface area contributed by atoms with Crippen LogP contribution in [0.25, 0.3) is 0 Å². The third-order valence-electron chi connectivity index (χ3n) is 2.86. The van der Waals surface area contributed by atoms with Crippen molar-refractivity contribution in [3.05, 3.63) is 24.0 Å². The van der Waals surface area contributed by atoms with Crippen LogP contribution in [0.15, 0.2) is 18.3 Å². The number of rotatable bonds is 8. The molecule has 0 aliphatic carbocycles. The van der Waals surface area contributed by atoms with Crippen LogP contribution in [0.4, 0.5) is 0 Å². The largest absolute Gasteiger partial charge is 0.477 e. The molecule has 0 spiro atoms. The van der Waals surface area contributed by atoms with Gasteiger partial charge in [0.25, 0.3) is 0 Å². The topological polar surface area (TPSA) is 82.8 Å². The van der Waals surface area contributed by atoms with E-state index in [-0.39, 0.29) is 31.3 Å². The number of aliphatic hydroxyl groups is 1. The Kier molecular flexibility index (Phi) is 6.08. The molecular weight excluding hydrogens is 248 g/mol. The van der Waals surface area contributed by atoms with E-state index >= 15 is 0 Å². The smallest absolute Gasteiger partial charge is 0.352 e. The van der Waals surface area contributed by atoms with E-state index < -0.39 is 5.97 Å². The molecule has 0 radical (unpaired) electrons. The van der Waals surface area contributed by atoms with Crippen molar-refractivity contribution in [3.63, 3.8) is 0 Å². The molecule has 6 nitrogen and oxygen atoms in total. The Morgan fingerprint density at radius 1 is 1.37 bits per heavy atom. The molecule has 19 heavy (non-hydrogen) atoms. The summed E-state index contributed by atoms with van der Waals surface area (Å²) in [5.74, 6) is -1.23. The summed E-state index contributed by atoms with van der Waals surface area (Å²) in [4.78, 5) is 24.6. The van der Waals surface area contributed by atoms with Gasteiger partial charge in [-0.05, 0) is 18.6 Å².